The zero-order valence-corrected chi connectivity index (χ0v) is 10.7. The first-order valence-electron chi connectivity index (χ1n) is 7.20. The van der Waals surface area contributed by atoms with Crippen LogP contribution in [0.1, 0.15) is 58.3 Å². The molecule has 2 unspecified atom stereocenters. The molecule has 0 aromatic carbocycles. The van der Waals surface area contributed by atoms with E-state index in [1.54, 1.807) is 0 Å². The lowest BCUT2D eigenvalue weighted by molar-refractivity contribution is 0.0121. The molecule has 16 heavy (non-hydrogen) atoms. The quantitative estimate of drug-likeness (QED) is 0.730. The Morgan fingerprint density at radius 2 is 1.62 bits per heavy atom. The maximum Gasteiger partial charge on any atom is 0.0756 e. The highest BCUT2D eigenvalue weighted by Gasteiger charge is 2.38. The van der Waals surface area contributed by atoms with Crippen molar-refractivity contribution in [2.45, 2.75) is 70.4 Å². The molecule has 2 nitrogen and oxygen atoms in total. The molecule has 0 bridgehead atoms. The van der Waals surface area contributed by atoms with Crippen LogP contribution in [-0.2, 0) is 4.74 Å². The summed E-state index contributed by atoms with van der Waals surface area (Å²) >= 11 is 0. The minimum atomic E-state index is 0.297. The van der Waals surface area contributed by atoms with Gasteiger partial charge in [-0.3, -0.25) is 0 Å². The lowest BCUT2D eigenvalue weighted by Gasteiger charge is -2.30. The second-order valence-electron chi connectivity index (χ2n) is 5.59. The van der Waals surface area contributed by atoms with E-state index in [2.05, 4.69) is 6.92 Å². The maximum atomic E-state index is 6.46. The summed E-state index contributed by atoms with van der Waals surface area (Å²) in [5.74, 6) is 1.50. The molecule has 2 fully saturated rings. The summed E-state index contributed by atoms with van der Waals surface area (Å²) in [6, 6.07) is 0.297. The van der Waals surface area contributed by atoms with Gasteiger partial charge in [-0.2, -0.15) is 0 Å². The molecule has 2 atom stereocenters. The van der Waals surface area contributed by atoms with Crippen molar-refractivity contribution in [3.63, 3.8) is 0 Å². The number of rotatable bonds is 5. The van der Waals surface area contributed by atoms with Gasteiger partial charge in [-0.1, -0.05) is 25.7 Å². The number of hydrogen-bond acceptors (Lipinski definition) is 2. The molecular formula is C14H27NO. The molecular weight excluding hydrogens is 198 g/mol. The summed E-state index contributed by atoms with van der Waals surface area (Å²) in [6.45, 7) is 2.91. The van der Waals surface area contributed by atoms with Gasteiger partial charge in [-0.05, 0) is 44.4 Å². The lowest BCUT2D eigenvalue weighted by Crippen LogP contribution is -2.44. The van der Waals surface area contributed by atoms with Crippen molar-refractivity contribution in [3.05, 3.63) is 0 Å². The molecule has 2 saturated carbocycles. The lowest BCUT2D eigenvalue weighted by atomic mass is 9.87. The smallest absolute Gasteiger partial charge is 0.0756 e. The van der Waals surface area contributed by atoms with Crippen molar-refractivity contribution in [2.75, 3.05) is 6.61 Å². The molecule has 0 aromatic heterocycles. The van der Waals surface area contributed by atoms with Gasteiger partial charge in [0.2, 0.25) is 0 Å². The molecule has 0 amide bonds. The second kappa shape index (κ2) is 6.02. The van der Waals surface area contributed by atoms with E-state index in [1.165, 1.54) is 51.4 Å². The summed E-state index contributed by atoms with van der Waals surface area (Å²) < 4.78 is 5.90. The molecule has 0 aliphatic heterocycles. The third-order valence-electron chi connectivity index (χ3n) is 4.27. The standard InChI is InChI=1S/C14H27NO/c1-2-16-14(12-9-10-12)13(15)11-7-5-3-4-6-8-11/h11-14H,2-10,15H2,1H3. The van der Waals surface area contributed by atoms with Crippen LogP contribution in [0, 0.1) is 11.8 Å². The van der Waals surface area contributed by atoms with Gasteiger partial charge in [-0.25, -0.2) is 0 Å². The Bertz CT molecular complexity index is 195. The van der Waals surface area contributed by atoms with Gasteiger partial charge in [0.05, 0.1) is 6.10 Å². The van der Waals surface area contributed by atoms with Crippen LogP contribution in [0.15, 0.2) is 0 Å². The van der Waals surface area contributed by atoms with Gasteiger partial charge >= 0.3 is 0 Å². The molecule has 0 radical (unpaired) electrons. The van der Waals surface area contributed by atoms with Crippen molar-refractivity contribution in [2.24, 2.45) is 17.6 Å². The summed E-state index contributed by atoms with van der Waals surface area (Å²) in [7, 11) is 0. The molecule has 2 aliphatic carbocycles. The van der Waals surface area contributed by atoms with Gasteiger partial charge in [0.15, 0.2) is 0 Å². The normalized spacial score (nSPS) is 27.4. The molecule has 0 heterocycles. The Morgan fingerprint density at radius 3 is 2.12 bits per heavy atom. The number of nitrogens with two attached hydrogens (primary N) is 1. The zero-order chi connectivity index (χ0) is 11.4. The first-order chi connectivity index (χ1) is 7.83. The van der Waals surface area contributed by atoms with Crippen LogP contribution in [0.2, 0.25) is 0 Å². The monoisotopic (exact) mass is 225 g/mol. The molecule has 2 heteroatoms. The Morgan fingerprint density at radius 1 is 1.00 bits per heavy atom. The third kappa shape index (κ3) is 3.21. The number of hydrogen-bond donors (Lipinski definition) is 1. The van der Waals surface area contributed by atoms with Crippen molar-refractivity contribution >= 4 is 0 Å². The van der Waals surface area contributed by atoms with Gasteiger partial charge in [-0.15, -0.1) is 0 Å². The van der Waals surface area contributed by atoms with Gasteiger partial charge < -0.3 is 10.5 Å². The van der Waals surface area contributed by atoms with E-state index in [-0.39, 0.29) is 0 Å². The summed E-state index contributed by atoms with van der Waals surface area (Å²) in [4.78, 5) is 0. The van der Waals surface area contributed by atoms with Crippen molar-refractivity contribution in [1.82, 2.24) is 0 Å². The fourth-order valence-corrected chi connectivity index (χ4v) is 3.14. The van der Waals surface area contributed by atoms with E-state index in [0.717, 1.165) is 18.4 Å². The second-order valence-corrected chi connectivity index (χ2v) is 5.59. The molecule has 94 valence electrons. The predicted molar refractivity (Wildman–Crippen MR) is 67.3 cm³/mol. The fraction of sp³-hybridized carbons (Fsp3) is 1.00. The van der Waals surface area contributed by atoms with Gasteiger partial charge in [0.1, 0.15) is 0 Å². The van der Waals surface area contributed by atoms with E-state index in [4.69, 9.17) is 10.5 Å². The van der Waals surface area contributed by atoms with Crippen molar-refractivity contribution in [1.29, 1.82) is 0 Å². The summed E-state index contributed by atoms with van der Waals surface area (Å²) in [5.41, 5.74) is 6.46. The summed E-state index contributed by atoms with van der Waals surface area (Å²) in [6.07, 6.45) is 11.3. The van der Waals surface area contributed by atoms with Crippen molar-refractivity contribution in [3.8, 4) is 0 Å². The average molecular weight is 225 g/mol. The first kappa shape index (κ1) is 12.4. The zero-order valence-electron chi connectivity index (χ0n) is 10.7. The van der Waals surface area contributed by atoms with E-state index in [9.17, 15) is 0 Å². The highest BCUT2D eigenvalue weighted by molar-refractivity contribution is 4.92. The average Bonchev–Trinajstić information content (AvgIpc) is 3.10. The van der Waals surface area contributed by atoms with Crippen LogP contribution in [0.25, 0.3) is 0 Å². The van der Waals surface area contributed by atoms with E-state index < -0.39 is 0 Å². The first-order valence-corrected chi connectivity index (χ1v) is 7.20. The molecule has 0 spiro atoms. The number of ether oxygens (including phenoxy) is 1. The summed E-state index contributed by atoms with van der Waals surface area (Å²) in [5, 5.41) is 0. The van der Waals surface area contributed by atoms with Crippen molar-refractivity contribution < 1.29 is 4.74 Å². The Kier molecular flexibility index (Phi) is 4.66. The fourth-order valence-electron chi connectivity index (χ4n) is 3.14. The van der Waals surface area contributed by atoms with Crippen LogP contribution in [0.3, 0.4) is 0 Å². The van der Waals surface area contributed by atoms with E-state index in [0.29, 0.717) is 12.1 Å². The van der Waals surface area contributed by atoms with Crippen LogP contribution in [0.5, 0.6) is 0 Å². The van der Waals surface area contributed by atoms with Crippen LogP contribution in [-0.4, -0.2) is 18.8 Å². The van der Waals surface area contributed by atoms with Crippen LogP contribution >= 0.6 is 0 Å². The van der Waals surface area contributed by atoms with Gasteiger partial charge in [0.25, 0.3) is 0 Å². The van der Waals surface area contributed by atoms with Gasteiger partial charge in [0, 0.05) is 12.6 Å². The van der Waals surface area contributed by atoms with E-state index >= 15 is 0 Å². The minimum absolute atomic E-state index is 0.297. The minimum Gasteiger partial charge on any atom is -0.377 e. The molecule has 2 rings (SSSR count). The SMILES string of the molecule is CCOC(C1CC1)C(N)C1CCCCCC1. The molecule has 2 N–H and O–H groups in total. The van der Waals surface area contributed by atoms with Crippen LogP contribution < -0.4 is 5.73 Å². The highest BCUT2D eigenvalue weighted by Crippen LogP contribution is 2.38. The highest BCUT2D eigenvalue weighted by atomic mass is 16.5. The maximum absolute atomic E-state index is 6.46. The Labute approximate surface area is 99.9 Å². The van der Waals surface area contributed by atoms with E-state index in [1.807, 2.05) is 0 Å². The molecule has 0 saturated heterocycles. The van der Waals surface area contributed by atoms with Crippen LogP contribution in [0.4, 0.5) is 0 Å². The largest absolute Gasteiger partial charge is 0.377 e. The third-order valence-corrected chi connectivity index (χ3v) is 4.27. The Hall–Kier alpha value is -0.0800. The predicted octanol–water partition coefficient (Wildman–Crippen LogP) is 3.10. The molecule has 0 aromatic rings. The topological polar surface area (TPSA) is 35.2 Å². The molecule has 2 aliphatic rings. The Balaban J connectivity index is 1.88.